The van der Waals surface area contributed by atoms with E-state index in [-0.39, 0.29) is 13.1 Å². The van der Waals surface area contributed by atoms with Crippen LogP contribution in [0.4, 0.5) is 9.59 Å². The second-order valence-corrected chi connectivity index (χ2v) is 7.73. The van der Waals surface area contributed by atoms with Crippen LogP contribution in [0, 0.1) is 0 Å². The SMILES string of the molecule is CC(C)(C)OC(=O)N[C@@H](CN)C(=O)O.COC(=O)[C@H](CN)NC(=O)OC(C)(C)C. The molecule has 0 radical (unpaired) electrons. The zero-order valence-corrected chi connectivity index (χ0v) is 18.0. The molecule has 0 aliphatic carbocycles. The van der Waals surface area contributed by atoms with Crippen molar-refractivity contribution in [3.05, 3.63) is 0 Å². The number of carboxylic acids is 1. The van der Waals surface area contributed by atoms with Gasteiger partial charge in [-0.1, -0.05) is 0 Å². The molecule has 0 aliphatic rings. The molecular formula is C17H34N4O8. The lowest BCUT2D eigenvalue weighted by molar-refractivity contribution is -0.143. The Balaban J connectivity index is 0. The number of hydrogen-bond donors (Lipinski definition) is 5. The first-order valence-electron chi connectivity index (χ1n) is 8.76. The number of carboxylic acid groups (broad SMARTS) is 1. The van der Waals surface area contributed by atoms with E-state index in [4.69, 9.17) is 26.0 Å². The van der Waals surface area contributed by atoms with E-state index in [9.17, 15) is 19.2 Å². The summed E-state index contributed by atoms with van der Waals surface area (Å²) in [4.78, 5) is 43.9. The number of carbonyl (C=O) groups is 4. The highest BCUT2D eigenvalue weighted by molar-refractivity contribution is 5.81. The van der Waals surface area contributed by atoms with Gasteiger partial charge in [0, 0.05) is 13.1 Å². The molecule has 2 amide bonds. The highest BCUT2D eigenvalue weighted by Crippen LogP contribution is 2.07. The van der Waals surface area contributed by atoms with Crippen LogP contribution >= 0.6 is 0 Å². The first kappa shape index (κ1) is 28.6. The predicted octanol–water partition coefficient (Wildman–Crippen LogP) is -0.0656. The van der Waals surface area contributed by atoms with Crippen LogP contribution in [0.5, 0.6) is 0 Å². The van der Waals surface area contributed by atoms with Gasteiger partial charge in [-0.25, -0.2) is 19.2 Å². The summed E-state index contributed by atoms with van der Waals surface area (Å²) in [6.07, 6.45) is -1.47. The van der Waals surface area contributed by atoms with Crippen LogP contribution in [0.25, 0.3) is 0 Å². The molecule has 0 fully saturated rings. The molecule has 0 aromatic heterocycles. The van der Waals surface area contributed by atoms with Gasteiger partial charge >= 0.3 is 24.1 Å². The molecule has 0 heterocycles. The second kappa shape index (κ2) is 12.8. The van der Waals surface area contributed by atoms with Crippen molar-refractivity contribution in [1.82, 2.24) is 10.6 Å². The topological polar surface area (TPSA) is 192 Å². The Morgan fingerprint density at radius 1 is 0.828 bits per heavy atom. The van der Waals surface area contributed by atoms with E-state index in [1.54, 1.807) is 41.5 Å². The van der Waals surface area contributed by atoms with Crippen LogP contribution in [0.2, 0.25) is 0 Å². The lowest BCUT2D eigenvalue weighted by Gasteiger charge is -2.21. The number of hydrogen-bond acceptors (Lipinski definition) is 9. The molecular weight excluding hydrogens is 388 g/mol. The van der Waals surface area contributed by atoms with Crippen LogP contribution < -0.4 is 22.1 Å². The molecule has 12 heteroatoms. The number of amides is 2. The molecule has 12 nitrogen and oxygen atoms in total. The summed E-state index contributed by atoms with van der Waals surface area (Å²) < 4.78 is 14.2. The third-order valence-corrected chi connectivity index (χ3v) is 2.64. The van der Waals surface area contributed by atoms with Crippen molar-refractivity contribution in [2.75, 3.05) is 20.2 Å². The molecule has 29 heavy (non-hydrogen) atoms. The van der Waals surface area contributed by atoms with Crippen molar-refractivity contribution in [2.45, 2.75) is 64.8 Å². The maximum atomic E-state index is 11.3. The summed E-state index contributed by atoms with van der Waals surface area (Å²) in [6.45, 7) is 10.0. The van der Waals surface area contributed by atoms with Crippen molar-refractivity contribution in [2.24, 2.45) is 11.5 Å². The average molecular weight is 422 g/mol. The van der Waals surface area contributed by atoms with Crippen molar-refractivity contribution in [3.63, 3.8) is 0 Å². The van der Waals surface area contributed by atoms with Gasteiger partial charge in [0.1, 0.15) is 23.3 Å². The fourth-order valence-corrected chi connectivity index (χ4v) is 1.48. The summed E-state index contributed by atoms with van der Waals surface area (Å²) in [5.74, 6) is -1.78. The number of rotatable bonds is 6. The first-order chi connectivity index (χ1) is 13.1. The molecule has 0 spiro atoms. The highest BCUT2D eigenvalue weighted by atomic mass is 16.6. The normalized spacial score (nSPS) is 13.0. The summed E-state index contributed by atoms with van der Waals surface area (Å²) in [5.41, 5.74) is 9.16. The number of aliphatic carboxylic acids is 1. The zero-order chi connectivity index (χ0) is 23.4. The van der Waals surface area contributed by atoms with E-state index in [0.717, 1.165) is 0 Å². The Kier molecular flexibility index (Phi) is 12.6. The molecule has 0 saturated heterocycles. The maximum absolute atomic E-state index is 11.3. The van der Waals surface area contributed by atoms with Crippen molar-refractivity contribution < 1.29 is 38.5 Å². The second-order valence-electron chi connectivity index (χ2n) is 7.73. The molecule has 0 bridgehead atoms. The number of carbonyl (C=O) groups excluding carboxylic acids is 3. The predicted molar refractivity (Wildman–Crippen MR) is 104 cm³/mol. The molecule has 0 saturated carbocycles. The van der Waals surface area contributed by atoms with Gasteiger partial charge in [0.25, 0.3) is 0 Å². The molecule has 0 aromatic rings. The minimum atomic E-state index is -1.18. The van der Waals surface area contributed by atoms with Gasteiger partial charge in [-0.05, 0) is 41.5 Å². The lowest BCUT2D eigenvalue weighted by atomic mass is 10.2. The van der Waals surface area contributed by atoms with Crippen LogP contribution in [-0.4, -0.2) is 72.7 Å². The largest absolute Gasteiger partial charge is 0.480 e. The van der Waals surface area contributed by atoms with Crippen LogP contribution in [0.1, 0.15) is 41.5 Å². The van der Waals surface area contributed by atoms with E-state index in [2.05, 4.69) is 15.4 Å². The van der Waals surface area contributed by atoms with Gasteiger partial charge in [0.15, 0.2) is 0 Å². The molecule has 0 rings (SSSR count). The summed E-state index contributed by atoms with van der Waals surface area (Å²) in [5, 5.41) is 13.0. The Morgan fingerprint density at radius 2 is 1.17 bits per heavy atom. The van der Waals surface area contributed by atoms with E-state index in [1.807, 2.05) is 0 Å². The minimum absolute atomic E-state index is 0.0358. The third kappa shape index (κ3) is 16.1. The summed E-state index contributed by atoms with van der Waals surface area (Å²) >= 11 is 0. The number of alkyl carbamates (subject to hydrolysis) is 2. The van der Waals surface area contributed by atoms with E-state index in [1.165, 1.54) is 7.11 Å². The monoisotopic (exact) mass is 422 g/mol. The van der Waals surface area contributed by atoms with Gasteiger partial charge in [-0.3, -0.25) is 0 Å². The molecule has 2 atom stereocenters. The third-order valence-electron chi connectivity index (χ3n) is 2.64. The zero-order valence-electron chi connectivity index (χ0n) is 18.0. The number of esters is 1. The van der Waals surface area contributed by atoms with E-state index < -0.39 is 47.4 Å². The molecule has 0 aromatic carbocycles. The van der Waals surface area contributed by atoms with Crippen LogP contribution in [-0.2, 0) is 23.8 Å². The molecule has 0 aliphatic heterocycles. The fraction of sp³-hybridized carbons (Fsp3) is 0.765. The Bertz CT molecular complexity index is 555. The maximum Gasteiger partial charge on any atom is 0.408 e. The Morgan fingerprint density at radius 3 is 1.41 bits per heavy atom. The Labute approximate surface area is 170 Å². The van der Waals surface area contributed by atoms with Crippen molar-refractivity contribution in [1.29, 1.82) is 0 Å². The molecule has 170 valence electrons. The summed E-state index contributed by atoms with van der Waals surface area (Å²) in [7, 11) is 1.22. The fourth-order valence-electron chi connectivity index (χ4n) is 1.48. The number of ether oxygens (including phenoxy) is 3. The van der Waals surface area contributed by atoms with Crippen LogP contribution in [0.15, 0.2) is 0 Å². The van der Waals surface area contributed by atoms with Crippen molar-refractivity contribution >= 4 is 24.1 Å². The van der Waals surface area contributed by atoms with E-state index >= 15 is 0 Å². The quantitative estimate of drug-likeness (QED) is 0.286. The van der Waals surface area contributed by atoms with Gasteiger partial charge in [-0.2, -0.15) is 0 Å². The van der Waals surface area contributed by atoms with Gasteiger partial charge in [0.05, 0.1) is 7.11 Å². The highest BCUT2D eigenvalue weighted by Gasteiger charge is 2.24. The number of methoxy groups -OCH3 is 1. The smallest absolute Gasteiger partial charge is 0.408 e. The van der Waals surface area contributed by atoms with Crippen LogP contribution in [0.3, 0.4) is 0 Å². The first-order valence-corrected chi connectivity index (χ1v) is 8.76. The minimum Gasteiger partial charge on any atom is -0.480 e. The number of nitrogens with one attached hydrogen (secondary N) is 2. The number of nitrogens with two attached hydrogens (primary N) is 2. The van der Waals surface area contributed by atoms with Gasteiger partial charge in [-0.15, -0.1) is 0 Å². The Hall–Kier alpha value is -2.60. The summed E-state index contributed by atoms with van der Waals surface area (Å²) in [6, 6.07) is -1.98. The lowest BCUT2D eigenvalue weighted by Crippen LogP contribution is -2.48. The standard InChI is InChI=1S/C9H18N2O4.C8H16N2O4/c1-9(2,3)15-8(13)11-6(5-10)7(12)14-4;1-8(2,3)14-7(13)10-5(4-9)6(11)12/h6H,5,10H2,1-4H3,(H,11,13);5H,4,9H2,1-3H3,(H,10,13)(H,11,12)/t6-;5-/m00/s1. The van der Waals surface area contributed by atoms with Gasteiger partial charge < -0.3 is 41.4 Å². The van der Waals surface area contributed by atoms with Gasteiger partial charge in [0.2, 0.25) is 0 Å². The molecule has 7 N–H and O–H groups in total. The van der Waals surface area contributed by atoms with Crippen molar-refractivity contribution in [3.8, 4) is 0 Å². The average Bonchev–Trinajstić information content (AvgIpc) is 2.53. The molecule has 0 unspecified atom stereocenters. The van der Waals surface area contributed by atoms with E-state index in [0.29, 0.717) is 0 Å².